The van der Waals surface area contributed by atoms with Crippen LogP contribution >= 0.6 is 0 Å². The summed E-state index contributed by atoms with van der Waals surface area (Å²) >= 11 is 0. The van der Waals surface area contributed by atoms with Gasteiger partial charge in [-0.25, -0.2) is 0 Å². The molecule has 5 heteroatoms. The minimum absolute atomic E-state index is 0.0144. The van der Waals surface area contributed by atoms with Gasteiger partial charge < -0.3 is 10.1 Å². The van der Waals surface area contributed by atoms with Gasteiger partial charge in [0, 0.05) is 6.04 Å². The normalized spacial score (nSPS) is 16.1. The molecule has 0 bridgehead atoms. The number of amides is 1. The highest BCUT2D eigenvalue weighted by Gasteiger charge is 2.15. The van der Waals surface area contributed by atoms with Crippen LogP contribution in [0, 0.1) is 0 Å². The van der Waals surface area contributed by atoms with Crippen LogP contribution < -0.4 is 10.1 Å². The SMILES string of the molecule is O=C(Cc1ccc(OC(F)F)cc1)NC1CCCCC1. The van der Waals surface area contributed by atoms with Crippen LogP contribution in [0.1, 0.15) is 37.7 Å². The zero-order valence-corrected chi connectivity index (χ0v) is 11.3. The number of rotatable bonds is 5. The number of carbonyl (C=O) groups is 1. The molecular formula is C15H19F2NO2. The summed E-state index contributed by atoms with van der Waals surface area (Å²) in [5.74, 6) is 0.0934. The number of hydrogen-bond acceptors (Lipinski definition) is 2. The van der Waals surface area contributed by atoms with Crippen molar-refractivity contribution >= 4 is 5.91 Å². The number of nitrogens with one attached hydrogen (secondary N) is 1. The highest BCUT2D eigenvalue weighted by atomic mass is 19.3. The lowest BCUT2D eigenvalue weighted by Crippen LogP contribution is -2.37. The van der Waals surface area contributed by atoms with E-state index in [0.717, 1.165) is 18.4 Å². The van der Waals surface area contributed by atoms with Crippen molar-refractivity contribution in [3.63, 3.8) is 0 Å². The lowest BCUT2D eigenvalue weighted by atomic mass is 9.95. The summed E-state index contributed by atoms with van der Waals surface area (Å²) in [6.07, 6.45) is 5.96. The van der Waals surface area contributed by atoms with Crippen molar-refractivity contribution < 1.29 is 18.3 Å². The molecule has 1 aromatic rings. The molecule has 110 valence electrons. The van der Waals surface area contributed by atoms with E-state index in [9.17, 15) is 13.6 Å². The van der Waals surface area contributed by atoms with Crippen LogP contribution in [0.15, 0.2) is 24.3 Å². The van der Waals surface area contributed by atoms with Gasteiger partial charge in [-0.2, -0.15) is 8.78 Å². The molecule has 20 heavy (non-hydrogen) atoms. The molecule has 0 radical (unpaired) electrons. The Bertz CT molecular complexity index is 428. The van der Waals surface area contributed by atoms with E-state index in [4.69, 9.17) is 0 Å². The van der Waals surface area contributed by atoms with Crippen LogP contribution in [0.25, 0.3) is 0 Å². The van der Waals surface area contributed by atoms with Gasteiger partial charge in [-0.15, -0.1) is 0 Å². The van der Waals surface area contributed by atoms with Crippen molar-refractivity contribution in [2.75, 3.05) is 0 Å². The monoisotopic (exact) mass is 283 g/mol. The molecule has 1 fully saturated rings. The summed E-state index contributed by atoms with van der Waals surface area (Å²) in [6, 6.07) is 6.47. The Morgan fingerprint density at radius 2 is 1.85 bits per heavy atom. The fourth-order valence-electron chi connectivity index (χ4n) is 2.50. The van der Waals surface area contributed by atoms with Crippen molar-refractivity contribution in [1.29, 1.82) is 0 Å². The fraction of sp³-hybridized carbons (Fsp3) is 0.533. The number of halogens is 2. The molecule has 1 aliphatic carbocycles. The van der Waals surface area contributed by atoms with Crippen molar-refractivity contribution in [2.45, 2.75) is 51.2 Å². The first-order chi connectivity index (χ1) is 9.63. The maximum absolute atomic E-state index is 12.0. The van der Waals surface area contributed by atoms with Crippen molar-refractivity contribution in [3.05, 3.63) is 29.8 Å². The van der Waals surface area contributed by atoms with E-state index in [1.54, 1.807) is 12.1 Å². The predicted octanol–water partition coefficient (Wildman–Crippen LogP) is 3.28. The second-order valence-corrected chi connectivity index (χ2v) is 5.10. The Balaban J connectivity index is 1.81. The quantitative estimate of drug-likeness (QED) is 0.900. The Labute approximate surface area is 117 Å². The topological polar surface area (TPSA) is 38.3 Å². The van der Waals surface area contributed by atoms with Crippen LogP contribution in [-0.4, -0.2) is 18.6 Å². The standard InChI is InChI=1S/C15H19F2NO2/c16-15(17)20-13-8-6-11(7-9-13)10-14(19)18-12-4-2-1-3-5-12/h6-9,12,15H,1-5,10H2,(H,18,19). The molecule has 1 aliphatic rings. The minimum Gasteiger partial charge on any atom is -0.435 e. The van der Waals surface area contributed by atoms with Crippen LogP contribution in [-0.2, 0) is 11.2 Å². The maximum atomic E-state index is 12.0. The maximum Gasteiger partial charge on any atom is 0.387 e. The summed E-state index contributed by atoms with van der Waals surface area (Å²) in [6.45, 7) is -2.82. The molecule has 1 saturated carbocycles. The summed E-state index contributed by atoms with van der Waals surface area (Å²) in [5, 5.41) is 3.02. The van der Waals surface area contributed by atoms with Crippen molar-refractivity contribution in [3.8, 4) is 5.75 Å². The molecule has 0 saturated heterocycles. The van der Waals surface area contributed by atoms with E-state index in [2.05, 4.69) is 10.1 Å². The molecule has 0 spiro atoms. The van der Waals surface area contributed by atoms with E-state index >= 15 is 0 Å². The smallest absolute Gasteiger partial charge is 0.387 e. The largest absolute Gasteiger partial charge is 0.435 e. The molecule has 1 aromatic carbocycles. The van der Waals surface area contributed by atoms with Gasteiger partial charge >= 0.3 is 6.61 Å². The van der Waals surface area contributed by atoms with Crippen LogP contribution in [0.2, 0.25) is 0 Å². The molecule has 3 nitrogen and oxygen atoms in total. The van der Waals surface area contributed by atoms with Crippen molar-refractivity contribution in [2.24, 2.45) is 0 Å². The van der Waals surface area contributed by atoms with Gasteiger partial charge in [-0.05, 0) is 30.5 Å². The zero-order valence-electron chi connectivity index (χ0n) is 11.3. The third kappa shape index (κ3) is 4.79. The number of carbonyl (C=O) groups excluding carboxylic acids is 1. The first kappa shape index (κ1) is 14.8. The lowest BCUT2D eigenvalue weighted by Gasteiger charge is -2.22. The molecule has 1 N–H and O–H groups in total. The van der Waals surface area contributed by atoms with E-state index in [1.807, 2.05) is 0 Å². The summed E-state index contributed by atoms with van der Waals surface area (Å²) in [4.78, 5) is 11.9. The highest BCUT2D eigenvalue weighted by molar-refractivity contribution is 5.78. The fourth-order valence-corrected chi connectivity index (χ4v) is 2.50. The summed E-state index contributed by atoms with van der Waals surface area (Å²) in [7, 11) is 0. The van der Waals surface area contributed by atoms with Gasteiger partial charge in [0.1, 0.15) is 5.75 Å². The molecule has 0 aromatic heterocycles. The van der Waals surface area contributed by atoms with E-state index in [-0.39, 0.29) is 24.1 Å². The number of benzene rings is 1. The van der Waals surface area contributed by atoms with Crippen molar-refractivity contribution in [1.82, 2.24) is 5.32 Å². The highest BCUT2D eigenvalue weighted by Crippen LogP contribution is 2.18. The van der Waals surface area contributed by atoms with Gasteiger partial charge in [0.2, 0.25) is 5.91 Å². The average Bonchev–Trinajstić information content (AvgIpc) is 2.41. The Hall–Kier alpha value is -1.65. The minimum atomic E-state index is -2.82. The third-order valence-corrected chi connectivity index (χ3v) is 3.48. The first-order valence-electron chi connectivity index (χ1n) is 6.96. The number of ether oxygens (including phenoxy) is 1. The van der Waals surface area contributed by atoms with Gasteiger partial charge in [0.15, 0.2) is 0 Å². The summed E-state index contributed by atoms with van der Waals surface area (Å²) < 4.78 is 28.3. The summed E-state index contributed by atoms with van der Waals surface area (Å²) in [5.41, 5.74) is 0.792. The molecular weight excluding hydrogens is 264 g/mol. The van der Waals surface area contributed by atoms with E-state index in [0.29, 0.717) is 0 Å². The number of hydrogen-bond donors (Lipinski definition) is 1. The van der Waals surface area contributed by atoms with E-state index in [1.165, 1.54) is 31.4 Å². The molecule has 1 amide bonds. The predicted molar refractivity (Wildman–Crippen MR) is 71.8 cm³/mol. The molecule has 0 heterocycles. The molecule has 0 atom stereocenters. The van der Waals surface area contributed by atoms with Gasteiger partial charge in [0.25, 0.3) is 0 Å². The third-order valence-electron chi connectivity index (χ3n) is 3.48. The van der Waals surface area contributed by atoms with Crippen LogP contribution in [0.4, 0.5) is 8.78 Å². The van der Waals surface area contributed by atoms with E-state index < -0.39 is 6.61 Å². The Morgan fingerprint density at radius 3 is 2.45 bits per heavy atom. The first-order valence-corrected chi connectivity index (χ1v) is 6.96. The lowest BCUT2D eigenvalue weighted by molar-refractivity contribution is -0.121. The molecule has 2 rings (SSSR count). The molecule has 0 unspecified atom stereocenters. The van der Waals surface area contributed by atoms with Gasteiger partial charge in [-0.1, -0.05) is 31.4 Å². The molecule has 0 aliphatic heterocycles. The van der Waals surface area contributed by atoms with Crippen LogP contribution in [0.5, 0.6) is 5.75 Å². The van der Waals surface area contributed by atoms with Crippen LogP contribution in [0.3, 0.4) is 0 Å². The Kier molecular flexibility index (Phi) is 5.32. The zero-order chi connectivity index (χ0) is 14.4. The average molecular weight is 283 g/mol. The van der Waals surface area contributed by atoms with Gasteiger partial charge in [0.05, 0.1) is 6.42 Å². The van der Waals surface area contributed by atoms with Gasteiger partial charge in [-0.3, -0.25) is 4.79 Å². The Morgan fingerprint density at radius 1 is 1.20 bits per heavy atom. The number of alkyl halides is 2. The second kappa shape index (κ2) is 7.22. The second-order valence-electron chi connectivity index (χ2n) is 5.10.